The van der Waals surface area contributed by atoms with Crippen LogP contribution in [0.5, 0.6) is 0 Å². The molecule has 1 heterocycles. The molecule has 1 amide bonds. The van der Waals surface area contributed by atoms with Crippen LogP contribution < -0.4 is 0 Å². The SMILES string of the molecule is C.CC(CO)(Cc1c[nH]c2ccccc12)N(C(=O)O)C1CCC2CCCC1C2. The van der Waals surface area contributed by atoms with Gasteiger partial charge < -0.3 is 15.2 Å². The molecular weight excluding hydrogens is 352 g/mol. The zero-order chi connectivity index (χ0) is 19.0. The molecule has 2 bridgehead atoms. The number of nitrogens with zero attached hydrogens (tertiary/aromatic N) is 1. The van der Waals surface area contributed by atoms with E-state index in [1.54, 1.807) is 4.90 Å². The van der Waals surface area contributed by atoms with Gasteiger partial charge in [-0.3, -0.25) is 4.90 Å². The van der Waals surface area contributed by atoms with E-state index >= 15 is 0 Å². The molecule has 2 aliphatic carbocycles. The summed E-state index contributed by atoms with van der Waals surface area (Å²) in [5, 5.41) is 21.6. The van der Waals surface area contributed by atoms with Gasteiger partial charge >= 0.3 is 6.09 Å². The van der Waals surface area contributed by atoms with E-state index in [4.69, 9.17) is 0 Å². The maximum Gasteiger partial charge on any atom is 0.408 e. The third kappa shape index (κ3) is 3.64. The van der Waals surface area contributed by atoms with Crippen molar-refractivity contribution >= 4 is 17.0 Å². The zero-order valence-corrected chi connectivity index (χ0v) is 16.0. The van der Waals surface area contributed by atoms with Crippen molar-refractivity contribution in [2.24, 2.45) is 11.8 Å². The van der Waals surface area contributed by atoms with Gasteiger partial charge in [-0.05, 0) is 62.5 Å². The lowest BCUT2D eigenvalue weighted by molar-refractivity contribution is -0.0257. The van der Waals surface area contributed by atoms with Gasteiger partial charge in [0.05, 0.1) is 12.1 Å². The Hall–Kier alpha value is -2.01. The van der Waals surface area contributed by atoms with E-state index in [1.807, 2.05) is 31.3 Å². The molecule has 0 spiro atoms. The molecule has 0 radical (unpaired) electrons. The molecular formula is C23H34N2O3. The molecule has 28 heavy (non-hydrogen) atoms. The van der Waals surface area contributed by atoms with Crippen LogP contribution in [0.25, 0.3) is 10.9 Å². The summed E-state index contributed by atoms with van der Waals surface area (Å²) in [5.74, 6) is 1.20. The molecule has 5 nitrogen and oxygen atoms in total. The summed E-state index contributed by atoms with van der Waals surface area (Å²) in [6.45, 7) is 1.73. The lowest BCUT2D eigenvalue weighted by Crippen LogP contribution is -2.60. The Balaban J connectivity index is 0.00000225. The molecule has 2 fully saturated rings. The third-order valence-corrected chi connectivity index (χ3v) is 6.94. The van der Waals surface area contributed by atoms with E-state index in [9.17, 15) is 15.0 Å². The summed E-state index contributed by atoms with van der Waals surface area (Å²) in [4.78, 5) is 17.2. The summed E-state index contributed by atoms with van der Waals surface area (Å²) in [7, 11) is 0. The largest absolute Gasteiger partial charge is 0.465 e. The topological polar surface area (TPSA) is 76.6 Å². The summed E-state index contributed by atoms with van der Waals surface area (Å²) in [6, 6.07) is 8.07. The van der Waals surface area contributed by atoms with E-state index < -0.39 is 11.6 Å². The fourth-order valence-electron chi connectivity index (χ4n) is 5.60. The first-order valence-corrected chi connectivity index (χ1v) is 10.2. The second kappa shape index (κ2) is 8.16. The standard InChI is InChI=1S/C22H30N2O3.CH4/c1-22(14-25,12-17-13-23-19-8-3-2-7-18(17)19)24(21(26)27)20-10-9-15-5-4-6-16(20)11-15;/h2-3,7-8,13,15-16,20,23,25H,4-6,9-12,14H2,1H3,(H,26,27);1H4. The lowest BCUT2D eigenvalue weighted by atomic mass is 9.68. The molecule has 0 saturated heterocycles. The number of hydrogen-bond donors (Lipinski definition) is 3. The van der Waals surface area contributed by atoms with E-state index in [1.165, 1.54) is 12.8 Å². The molecule has 4 unspecified atom stereocenters. The Kier molecular flexibility index (Phi) is 6.04. The Bertz CT molecular complexity index is 817. The van der Waals surface area contributed by atoms with Crippen molar-refractivity contribution in [3.8, 4) is 0 Å². The number of aliphatic hydroxyl groups excluding tert-OH is 1. The predicted octanol–water partition coefficient (Wildman–Crippen LogP) is 5.05. The van der Waals surface area contributed by atoms with Gasteiger partial charge in [0.2, 0.25) is 0 Å². The van der Waals surface area contributed by atoms with E-state index in [0.717, 1.165) is 48.1 Å². The molecule has 2 aliphatic rings. The van der Waals surface area contributed by atoms with Crippen molar-refractivity contribution in [1.29, 1.82) is 0 Å². The first-order valence-electron chi connectivity index (χ1n) is 10.2. The maximum absolute atomic E-state index is 12.4. The van der Waals surface area contributed by atoms with Crippen LogP contribution in [0.15, 0.2) is 30.5 Å². The number of amides is 1. The monoisotopic (exact) mass is 386 g/mol. The summed E-state index contributed by atoms with van der Waals surface area (Å²) < 4.78 is 0. The second-order valence-corrected chi connectivity index (χ2v) is 8.78. The van der Waals surface area contributed by atoms with Gasteiger partial charge in [0.15, 0.2) is 0 Å². The van der Waals surface area contributed by atoms with Gasteiger partial charge in [0.25, 0.3) is 0 Å². The Morgan fingerprint density at radius 1 is 1.25 bits per heavy atom. The third-order valence-electron chi connectivity index (χ3n) is 6.94. The molecule has 3 N–H and O–H groups in total. The van der Waals surface area contributed by atoms with Crippen molar-refractivity contribution in [2.75, 3.05) is 6.61 Å². The number of hydrogen-bond acceptors (Lipinski definition) is 2. The summed E-state index contributed by atoms with van der Waals surface area (Å²) >= 11 is 0. The van der Waals surface area contributed by atoms with Crippen LogP contribution in [-0.2, 0) is 6.42 Å². The highest BCUT2D eigenvalue weighted by molar-refractivity contribution is 5.83. The fourth-order valence-corrected chi connectivity index (χ4v) is 5.60. The van der Waals surface area contributed by atoms with Crippen molar-refractivity contribution in [3.05, 3.63) is 36.0 Å². The molecule has 4 atom stereocenters. The van der Waals surface area contributed by atoms with E-state index in [0.29, 0.717) is 12.3 Å². The summed E-state index contributed by atoms with van der Waals surface area (Å²) in [5.41, 5.74) is 1.28. The van der Waals surface area contributed by atoms with Gasteiger partial charge in [-0.2, -0.15) is 0 Å². The van der Waals surface area contributed by atoms with Gasteiger partial charge in [-0.15, -0.1) is 0 Å². The number of aromatic nitrogens is 1. The highest BCUT2D eigenvalue weighted by Crippen LogP contribution is 2.44. The molecule has 2 saturated carbocycles. The number of nitrogens with one attached hydrogen (secondary N) is 1. The van der Waals surface area contributed by atoms with Crippen LogP contribution in [-0.4, -0.2) is 44.4 Å². The predicted molar refractivity (Wildman–Crippen MR) is 113 cm³/mol. The number of carbonyl (C=O) groups is 1. The highest BCUT2D eigenvalue weighted by Gasteiger charge is 2.45. The minimum Gasteiger partial charge on any atom is -0.465 e. The molecule has 1 aromatic heterocycles. The van der Waals surface area contributed by atoms with Crippen LogP contribution in [0.4, 0.5) is 4.79 Å². The first-order chi connectivity index (χ1) is 13.0. The first kappa shape index (κ1) is 20.7. The van der Waals surface area contributed by atoms with Gasteiger partial charge in [-0.25, -0.2) is 4.79 Å². The molecule has 4 rings (SSSR count). The summed E-state index contributed by atoms with van der Waals surface area (Å²) in [6.07, 6.45) is 8.34. The molecule has 0 aliphatic heterocycles. The van der Waals surface area contributed by atoms with E-state index in [-0.39, 0.29) is 20.1 Å². The number of aliphatic hydroxyl groups is 1. The van der Waals surface area contributed by atoms with Crippen LogP contribution >= 0.6 is 0 Å². The lowest BCUT2D eigenvalue weighted by Gasteiger charge is -2.50. The normalized spacial score (nSPS) is 26.3. The van der Waals surface area contributed by atoms with Crippen LogP contribution in [0.1, 0.15) is 58.4 Å². The number of H-pyrrole nitrogens is 1. The van der Waals surface area contributed by atoms with Crippen molar-refractivity contribution in [3.63, 3.8) is 0 Å². The highest BCUT2D eigenvalue weighted by atomic mass is 16.4. The number of fused-ring (bicyclic) bond motifs is 3. The quantitative estimate of drug-likeness (QED) is 0.673. The fraction of sp³-hybridized carbons (Fsp3) is 0.609. The minimum atomic E-state index is -0.902. The molecule has 5 heteroatoms. The number of rotatable bonds is 5. The number of para-hydroxylation sites is 1. The Morgan fingerprint density at radius 3 is 2.79 bits per heavy atom. The Morgan fingerprint density at radius 2 is 2.04 bits per heavy atom. The van der Waals surface area contributed by atoms with Gasteiger partial charge in [0, 0.05) is 23.1 Å². The molecule has 1 aromatic carbocycles. The van der Waals surface area contributed by atoms with E-state index in [2.05, 4.69) is 11.1 Å². The van der Waals surface area contributed by atoms with Crippen LogP contribution in [0.2, 0.25) is 0 Å². The van der Waals surface area contributed by atoms with Crippen LogP contribution in [0, 0.1) is 11.8 Å². The van der Waals surface area contributed by atoms with Crippen LogP contribution in [0.3, 0.4) is 0 Å². The average Bonchev–Trinajstić information content (AvgIpc) is 3.07. The number of benzene rings is 1. The second-order valence-electron chi connectivity index (χ2n) is 8.78. The van der Waals surface area contributed by atoms with Gasteiger partial charge in [-0.1, -0.05) is 38.5 Å². The van der Waals surface area contributed by atoms with Crippen molar-refractivity contribution in [1.82, 2.24) is 9.88 Å². The smallest absolute Gasteiger partial charge is 0.408 e. The molecule has 154 valence electrons. The van der Waals surface area contributed by atoms with Gasteiger partial charge in [0.1, 0.15) is 0 Å². The molecule has 2 aromatic rings. The Labute approximate surface area is 167 Å². The number of carboxylic acid groups (broad SMARTS) is 1. The van der Waals surface area contributed by atoms with Crippen molar-refractivity contribution < 1.29 is 15.0 Å². The maximum atomic E-state index is 12.4. The van der Waals surface area contributed by atoms with Crippen molar-refractivity contribution in [2.45, 2.75) is 70.9 Å². The zero-order valence-electron chi connectivity index (χ0n) is 16.0. The average molecular weight is 387 g/mol. The number of aromatic amines is 1. The minimum absolute atomic E-state index is 0.